The minimum Gasteiger partial charge on any atom is -0.466 e. The topological polar surface area (TPSA) is 105 Å². The quantitative estimate of drug-likeness (QED) is 0.554. The third-order valence-electron chi connectivity index (χ3n) is 7.72. The van der Waals surface area contributed by atoms with Crippen LogP contribution in [0.2, 0.25) is 0 Å². The first-order valence-corrected chi connectivity index (χ1v) is 14.8. The number of fused-ring (bicyclic) bond motifs is 2. The number of nitrogens with zero attached hydrogens (tertiary/aromatic N) is 2. The number of benzene rings is 2. The molecule has 3 aliphatic rings. The molecule has 0 unspecified atom stereocenters. The lowest BCUT2D eigenvalue weighted by atomic mass is 9.96. The number of anilines is 2. The van der Waals surface area contributed by atoms with Gasteiger partial charge in [0, 0.05) is 32.2 Å². The Morgan fingerprint density at radius 3 is 2.45 bits per heavy atom. The van der Waals surface area contributed by atoms with E-state index in [1.165, 1.54) is 10.4 Å². The van der Waals surface area contributed by atoms with Gasteiger partial charge in [0.2, 0.25) is 10.0 Å². The third-order valence-corrected chi connectivity index (χ3v) is 9.65. The molecule has 204 valence electrons. The zero-order valence-corrected chi connectivity index (χ0v) is 23.0. The number of aryl methyl sites for hydroxylation is 1. The molecule has 1 amide bonds. The highest BCUT2D eigenvalue weighted by atomic mass is 32.2. The van der Waals surface area contributed by atoms with Crippen LogP contribution in [0.1, 0.15) is 55.5 Å². The van der Waals surface area contributed by atoms with Gasteiger partial charge in [-0.15, -0.1) is 0 Å². The summed E-state index contributed by atoms with van der Waals surface area (Å²) in [5.74, 6) is 0.426. The number of ether oxygens (including phenoxy) is 2. The van der Waals surface area contributed by atoms with E-state index in [-0.39, 0.29) is 22.3 Å². The molecule has 0 atom stereocenters. The van der Waals surface area contributed by atoms with Gasteiger partial charge in [-0.3, -0.25) is 9.59 Å². The summed E-state index contributed by atoms with van der Waals surface area (Å²) in [6, 6.07) is 8.65. The van der Waals surface area contributed by atoms with Crippen molar-refractivity contribution in [2.24, 2.45) is 11.8 Å². The number of piperidine rings is 2. The number of amides is 1. The second-order valence-corrected chi connectivity index (χ2v) is 12.4. The number of carbonyl (C=O) groups is 2. The zero-order chi connectivity index (χ0) is 27.0. The maximum atomic E-state index is 14.0. The Kier molecular flexibility index (Phi) is 7.37. The van der Waals surface area contributed by atoms with Gasteiger partial charge < -0.3 is 19.7 Å². The SMILES string of the molecule is CCOC(=O)C1CCN(c2cc3c(cc2S(=O)(=O)N2CCC(C)CC2)C(=O)Nc2cc(C)ccc2O3)CC1. The largest absolute Gasteiger partial charge is 0.466 e. The molecule has 1 N–H and O–H groups in total. The predicted molar refractivity (Wildman–Crippen MR) is 144 cm³/mol. The molecule has 38 heavy (non-hydrogen) atoms. The first-order chi connectivity index (χ1) is 18.2. The van der Waals surface area contributed by atoms with Crippen molar-refractivity contribution in [2.45, 2.75) is 51.3 Å². The van der Waals surface area contributed by atoms with E-state index >= 15 is 0 Å². The second-order valence-electron chi connectivity index (χ2n) is 10.5. The van der Waals surface area contributed by atoms with Crippen molar-refractivity contribution < 1.29 is 27.5 Å². The minimum atomic E-state index is -3.88. The molecule has 2 saturated heterocycles. The van der Waals surface area contributed by atoms with Crippen LogP contribution in [0.15, 0.2) is 35.2 Å². The maximum absolute atomic E-state index is 14.0. The monoisotopic (exact) mass is 541 g/mol. The molecule has 0 saturated carbocycles. The molecule has 2 fully saturated rings. The van der Waals surface area contributed by atoms with E-state index in [1.807, 2.05) is 24.0 Å². The number of hydrogen-bond donors (Lipinski definition) is 1. The van der Waals surface area contributed by atoms with E-state index in [4.69, 9.17) is 9.47 Å². The van der Waals surface area contributed by atoms with Gasteiger partial charge in [0.1, 0.15) is 10.6 Å². The van der Waals surface area contributed by atoms with Crippen molar-refractivity contribution in [3.05, 3.63) is 41.5 Å². The Balaban J connectivity index is 1.55. The van der Waals surface area contributed by atoms with E-state index in [0.717, 1.165) is 18.4 Å². The fourth-order valence-corrected chi connectivity index (χ4v) is 7.07. The van der Waals surface area contributed by atoms with Crippen LogP contribution in [0.25, 0.3) is 0 Å². The molecule has 5 rings (SSSR count). The second kappa shape index (κ2) is 10.6. The predicted octanol–water partition coefficient (Wildman–Crippen LogP) is 4.55. The molecule has 0 aromatic heterocycles. The summed E-state index contributed by atoms with van der Waals surface area (Å²) in [5, 5.41) is 2.88. The first-order valence-electron chi connectivity index (χ1n) is 13.4. The van der Waals surface area contributed by atoms with Crippen LogP contribution in [0.3, 0.4) is 0 Å². The highest BCUT2D eigenvalue weighted by Crippen LogP contribution is 2.42. The average molecular weight is 542 g/mol. The minimum absolute atomic E-state index is 0.0984. The van der Waals surface area contributed by atoms with Crippen molar-refractivity contribution in [1.82, 2.24) is 4.31 Å². The summed E-state index contributed by atoms with van der Waals surface area (Å²) in [6.45, 7) is 8.04. The fraction of sp³-hybridized carbons (Fsp3) is 0.500. The van der Waals surface area contributed by atoms with Gasteiger partial charge in [0.15, 0.2) is 5.75 Å². The van der Waals surface area contributed by atoms with Gasteiger partial charge in [0.05, 0.1) is 29.5 Å². The lowest BCUT2D eigenvalue weighted by molar-refractivity contribution is -0.148. The first kappa shape index (κ1) is 26.5. The van der Waals surface area contributed by atoms with Crippen LogP contribution in [-0.2, 0) is 19.6 Å². The molecule has 2 aromatic carbocycles. The number of rotatable bonds is 5. The summed E-state index contributed by atoms with van der Waals surface area (Å²) in [6.07, 6.45) is 2.70. The Morgan fingerprint density at radius 2 is 1.76 bits per heavy atom. The van der Waals surface area contributed by atoms with Crippen molar-refractivity contribution in [3.8, 4) is 11.5 Å². The normalized spacial score (nSPS) is 19.1. The zero-order valence-electron chi connectivity index (χ0n) is 22.2. The van der Waals surface area contributed by atoms with E-state index in [2.05, 4.69) is 12.2 Å². The van der Waals surface area contributed by atoms with Crippen LogP contribution < -0.4 is 15.0 Å². The molecular weight excluding hydrogens is 506 g/mol. The van der Waals surface area contributed by atoms with E-state index in [0.29, 0.717) is 74.4 Å². The molecule has 2 aromatic rings. The van der Waals surface area contributed by atoms with Crippen LogP contribution in [-0.4, -0.2) is 57.4 Å². The van der Waals surface area contributed by atoms with E-state index < -0.39 is 15.9 Å². The van der Waals surface area contributed by atoms with Gasteiger partial charge in [-0.05, 0) is 69.2 Å². The summed E-state index contributed by atoms with van der Waals surface area (Å²) in [4.78, 5) is 27.7. The molecule has 0 aliphatic carbocycles. The molecule has 0 radical (unpaired) electrons. The number of sulfonamides is 1. The number of nitrogens with one attached hydrogen (secondary N) is 1. The highest BCUT2D eigenvalue weighted by Gasteiger charge is 2.36. The molecule has 0 spiro atoms. The lowest BCUT2D eigenvalue weighted by Gasteiger charge is -2.35. The van der Waals surface area contributed by atoms with Gasteiger partial charge >= 0.3 is 5.97 Å². The smallest absolute Gasteiger partial charge is 0.309 e. The van der Waals surface area contributed by atoms with Crippen molar-refractivity contribution in [1.29, 1.82) is 0 Å². The summed E-state index contributed by atoms with van der Waals surface area (Å²) in [5.41, 5.74) is 2.17. The molecular formula is C28H35N3O6S. The van der Waals surface area contributed by atoms with Crippen molar-refractivity contribution in [3.63, 3.8) is 0 Å². The Morgan fingerprint density at radius 1 is 1.05 bits per heavy atom. The Labute approximate surface area is 224 Å². The van der Waals surface area contributed by atoms with Crippen LogP contribution in [0.5, 0.6) is 11.5 Å². The number of carbonyl (C=O) groups excluding carboxylic acids is 2. The molecule has 9 nitrogen and oxygen atoms in total. The van der Waals surface area contributed by atoms with Gasteiger partial charge in [0.25, 0.3) is 5.91 Å². The lowest BCUT2D eigenvalue weighted by Crippen LogP contribution is -2.40. The Hall–Kier alpha value is -3.11. The average Bonchev–Trinajstić information content (AvgIpc) is 3.03. The molecule has 3 aliphatic heterocycles. The van der Waals surface area contributed by atoms with Crippen LogP contribution in [0, 0.1) is 18.8 Å². The summed E-state index contributed by atoms with van der Waals surface area (Å²) in [7, 11) is -3.88. The molecule has 3 heterocycles. The van der Waals surface area contributed by atoms with Gasteiger partial charge in [-0.1, -0.05) is 13.0 Å². The molecule has 0 bridgehead atoms. The summed E-state index contributed by atoms with van der Waals surface area (Å²) < 4.78 is 40.9. The van der Waals surface area contributed by atoms with Crippen LogP contribution >= 0.6 is 0 Å². The highest BCUT2D eigenvalue weighted by molar-refractivity contribution is 7.89. The van der Waals surface area contributed by atoms with Crippen LogP contribution in [0.4, 0.5) is 11.4 Å². The van der Waals surface area contributed by atoms with Gasteiger partial charge in [-0.25, -0.2) is 8.42 Å². The Bertz CT molecular complexity index is 1340. The van der Waals surface area contributed by atoms with Crippen molar-refractivity contribution in [2.75, 3.05) is 43.0 Å². The fourth-order valence-electron chi connectivity index (χ4n) is 5.38. The number of esters is 1. The van der Waals surface area contributed by atoms with Gasteiger partial charge in [-0.2, -0.15) is 4.31 Å². The maximum Gasteiger partial charge on any atom is 0.309 e. The van der Waals surface area contributed by atoms with E-state index in [1.54, 1.807) is 19.1 Å². The molecule has 10 heteroatoms. The third kappa shape index (κ3) is 5.11. The van der Waals surface area contributed by atoms with E-state index in [9.17, 15) is 18.0 Å². The standard InChI is InChI=1S/C28H35N3O6S/c1-4-36-28(33)20-9-11-30(12-10-20)23-17-25-21(27(32)29-22-15-19(3)5-6-24(22)37-25)16-26(23)38(34,35)31-13-7-18(2)8-14-31/h5-6,15-18,20H,4,7-14H2,1-3H3,(H,29,32). The van der Waals surface area contributed by atoms with Crippen molar-refractivity contribution >= 4 is 33.3 Å². The summed E-state index contributed by atoms with van der Waals surface area (Å²) >= 11 is 0. The number of hydrogen-bond acceptors (Lipinski definition) is 7.